The van der Waals surface area contributed by atoms with E-state index in [2.05, 4.69) is 21.3 Å². The van der Waals surface area contributed by atoms with Crippen molar-refractivity contribution in [2.24, 2.45) is 0 Å². The molecule has 2 bridgehead atoms. The SMILES string of the molecule is O=C1COc2ccc(cc2)C[C@@H](C(=O)O)NC(=O)[C@H](CCc2ccccc2)NC(=O)[C@@H](CCc2ccccc2)NC(=O)[C@H](CCc2ccccc2)N1. The first-order valence-corrected chi connectivity index (χ1v) is 17.5. The van der Waals surface area contributed by atoms with Crippen molar-refractivity contribution in [2.45, 2.75) is 69.1 Å². The van der Waals surface area contributed by atoms with Crippen LogP contribution in [0.4, 0.5) is 0 Å². The number of aryl methyl sites for hydroxylation is 3. The molecule has 0 radical (unpaired) electrons. The summed E-state index contributed by atoms with van der Waals surface area (Å²) in [6.45, 7) is -0.372. The number of hydrogen-bond donors (Lipinski definition) is 5. The van der Waals surface area contributed by atoms with Crippen LogP contribution in [0, 0.1) is 0 Å². The molecule has 0 aromatic heterocycles. The van der Waals surface area contributed by atoms with Crippen LogP contribution in [-0.2, 0) is 49.7 Å². The van der Waals surface area contributed by atoms with Gasteiger partial charge in [0.1, 0.15) is 29.9 Å². The molecule has 11 nitrogen and oxygen atoms in total. The van der Waals surface area contributed by atoms with E-state index in [9.17, 15) is 29.1 Å². The first kappa shape index (κ1) is 37.3. The zero-order chi connectivity index (χ0) is 36.7. The normalized spacial score (nSPS) is 20.2. The summed E-state index contributed by atoms with van der Waals surface area (Å²) >= 11 is 0. The molecule has 0 unspecified atom stereocenters. The quantitative estimate of drug-likeness (QED) is 0.158. The summed E-state index contributed by atoms with van der Waals surface area (Å²) in [5.74, 6) is -3.21. The largest absolute Gasteiger partial charge is 0.484 e. The molecule has 2 aliphatic rings. The minimum Gasteiger partial charge on any atom is -0.484 e. The van der Waals surface area contributed by atoms with Crippen molar-refractivity contribution in [1.82, 2.24) is 21.3 Å². The molecule has 4 atom stereocenters. The molecule has 0 fully saturated rings. The predicted molar refractivity (Wildman–Crippen MR) is 195 cm³/mol. The molecule has 11 heteroatoms. The fraction of sp³-hybridized carbons (Fsp3) is 0.293. The lowest BCUT2D eigenvalue weighted by molar-refractivity contribution is -0.142. The van der Waals surface area contributed by atoms with Gasteiger partial charge in [-0.15, -0.1) is 0 Å². The molecule has 4 amide bonds. The number of aliphatic carboxylic acids is 1. The molecule has 6 rings (SSSR count). The topological polar surface area (TPSA) is 163 Å². The number of nitrogens with one attached hydrogen (secondary N) is 4. The number of rotatable bonds is 10. The smallest absolute Gasteiger partial charge is 0.326 e. The van der Waals surface area contributed by atoms with Crippen LogP contribution in [0.5, 0.6) is 5.75 Å². The second kappa shape index (κ2) is 18.9. The highest BCUT2D eigenvalue weighted by Gasteiger charge is 2.31. The molecule has 0 saturated carbocycles. The number of carbonyl (C=O) groups is 5. The van der Waals surface area contributed by atoms with Gasteiger partial charge >= 0.3 is 5.97 Å². The molecule has 0 spiro atoms. The first-order chi connectivity index (χ1) is 25.2. The highest BCUT2D eigenvalue weighted by atomic mass is 16.5. The van der Waals surface area contributed by atoms with Crippen LogP contribution in [0.2, 0.25) is 0 Å². The van der Waals surface area contributed by atoms with E-state index < -0.39 is 53.8 Å². The van der Waals surface area contributed by atoms with E-state index in [1.807, 2.05) is 91.0 Å². The summed E-state index contributed by atoms with van der Waals surface area (Å²) in [6.07, 6.45) is 1.94. The summed E-state index contributed by atoms with van der Waals surface area (Å²) in [5, 5.41) is 21.1. The lowest BCUT2D eigenvalue weighted by atomic mass is 10.0. The molecule has 2 heterocycles. The Morgan fingerprint density at radius 2 is 0.962 bits per heavy atom. The Morgan fingerprint density at radius 1 is 0.558 bits per heavy atom. The van der Waals surface area contributed by atoms with Crippen molar-refractivity contribution in [3.8, 4) is 5.75 Å². The van der Waals surface area contributed by atoms with Crippen LogP contribution in [0.1, 0.15) is 41.5 Å². The maximum atomic E-state index is 14.1. The number of hydrogen-bond acceptors (Lipinski definition) is 6. The van der Waals surface area contributed by atoms with Gasteiger partial charge in [-0.1, -0.05) is 103 Å². The Morgan fingerprint density at radius 3 is 1.38 bits per heavy atom. The van der Waals surface area contributed by atoms with Crippen molar-refractivity contribution in [3.63, 3.8) is 0 Å². The van der Waals surface area contributed by atoms with Gasteiger partial charge in [0.2, 0.25) is 17.7 Å². The number of fused-ring (bicyclic) bond motifs is 16. The van der Waals surface area contributed by atoms with E-state index in [1.165, 1.54) is 0 Å². The maximum Gasteiger partial charge on any atom is 0.326 e. The molecule has 5 N–H and O–H groups in total. The Balaban J connectivity index is 1.45. The highest BCUT2D eigenvalue weighted by molar-refractivity contribution is 5.95. The van der Waals surface area contributed by atoms with Gasteiger partial charge in [-0.05, 0) is 72.9 Å². The van der Waals surface area contributed by atoms with Crippen LogP contribution in [0.25, 0.3) is 0 Å². The number of carboxylic acids is 1. The zero-order valence-electron chi connectivity index (χ0n) is 28.8. The first-order valence-electron chi connectivity index (χ1n) is 17.5. The number of carbonyl (C=O) groups excluding carboxylic acids is 4. The molecule has 270 valence electrons. The van der Waals surface area contributed by atoms with Gasteiger partial charge in [0, 0.05) is 6.42 Å². The third-order valence-corrected chi connectivity index (χ3v) is 8.96. The van der Waals surface area contributed by atoms with Gasteiger partial charge in [-0.3, -0.25) is 19.2 Å². The van der Waals surface area contributed by atoms with Crippen LogP contribution in [-0.4, -0.2) is 65.5 Å². The van der Waals surface area contributed by atoms with E-state index in [-0.39, 0.29) is 32.3 Å². The Kier molecular flexibility index (Phi) is 13.5. The van der Waals surface area contributed by atoms with Crippen LogP contribution in [0.15, 0.2) is 115 Å². The molecular formula is C41H44N4O7. The number of carboxylic acid groups (broad SMARTS) is 1. The van der Waals surface area contributed by atoms with Gasteiger partial charge in [0.15, 0.2) is 6.61 Å². The Labute approximate surface area is 303 Å². The molecule has 0 aliphatic carbocycles. The summed E-state index contributed by atoms with van der Waals surface area (Å²) in [6, 6.07) is 30.5. The lowest BCUT2D eigenvalue weighted by Gasteiger charge is -2.26. The van der Waals surface area contributed by atoms with Gasteiger partial charge in [-0.2, -0.15) is 0 Å². The molecule has 4 aromatic rings. The molecular weight excluding hydrogens is 660 g/mol. The average Bonchev–Trinajstić information content (AvgIpc) is 3.16. The van der Waals surface area contributed by atoms with E-state index in [0.717, 1.165) is 16.7 Å². The number of benzene rings is 4. The molecule has 4 aromatic carbocycles. The molecule has 2 aliphatic heterocycles. The van der Waals surface area contributed by atoms with Gasteiger partial charge < -0.3 is 31.1 Å². The van der Waals surface area contributed by atoms with E-state index in [4.69, 9.17) is 4.74 Å². The number of ether oxygens (including phenoxy) is 1. The van der Waals surface area contributed by atoms with Crippen LogP contribution in [0.3, 0.4) is 0 Å². The van der Waals surface area contributed by atoms with Gasteiger partial charge in [0.05, 0.1) is 0 Å². The fourth-order valence-electron chi connectivity index (χ4n) is 6.03. The lowest BCUT2D eigenvalue weighted by Crippen LogP contribution is -2.58. The predicted octanol–water partition coefficient (Wildman–Crippen LogP) is 3.54. The van der Waals surface area contributed by atoms with Crippen LogP contribution < -0.4 is 26.0 Å². The fourth-order valence-corrected chi connectivity index (χ4v) is 6.03. The standard InChI is InChI=1S/C41H44N4O7/c46-37-27-52-32-21-16-31(17-22-32)26-36(41(50)51)45-40(49)35(25-20-30-14-8-3-9-15-30)44-39(48)34(24-19-29-12-6-2-7-13-29)43-38(47)33(42-37)23-18-28-10-4-1-5-11-28/h1-17,21-22,33-36H,18-20,23-27H2,(H,42,46)(H,43,47)(H,44,48)(H,45,49)(H,50,51)/t33-,34+,35-,36-/m0/s1. The molecule has 0 saturated heterocycles. The average molecular weight is 705 g/mol. The Hall–Kier alpha value is -5.97. The second-order valence-electron chi connectivity index (χ2n) is 12.9. The minimum atomic E-state index is -1.29. The monoisotopic (exact) mass is 704 g/mol. The van der Waals surface area contributed by atoms with Gasteiger partial charge in [0.25, 0.3) is 5.91 Å². The third kappa shape index (κ3) is 11.5. The van der Waals surface area contributed by atoms with Crippen molar-refractivity contribution < 1.29 is 33.8 Å². The number of amides is 4. The Bertz CT molecular complexity index is 1790. The summed E-state index contributed by atoms with van der Waals surface area (Å²) in [7, 11) is 0. The van der Waals surface area contributed by atoms with Crippen LogP contribution >= 0.6 is 0 Å². The van der Waals surface area contributed by atoms with Crippen molar-refractivity contribution in [1.29, 1.82) is 0 Å². The van der Waals surface area contributed by atoms with Gasteiger partial charge in [-0.25, -0.2) is 4.79 Å². The molecule has 52 heavy (non-hydrogen) atoms. The summed E-state index contributed by atoms with van der Waals surface area (Å²) < 4.78 is 5.68. The summed E-state index contributed by atoms with van der Waals surface area (Å²) in [4.78, 5) is 67.3. The van der Waals surface area contributed by atoms with Crippen molar-refractivity contribution in [3.05, 3.63) is 138 Å². The van der Waals surface area contributed by atoms with Crippen molar-refractivity contribution >= 4 is 29.6 Å². The van der Waals surface area contributed by atoms with E-state index in [1.54, 1.807) is 24.3 Å². The summed E-state index contributed by atoms with van der Waals surface area (Å²) in [5.41, 5.74) is 3.47. The third-order valence-electron chi connectivity index (χ3n) is 8.96. The maximum absolute atomic E-state index is 14.1. The highest BCUT2D eigenvalue weighted by Crippen LogP contribution is 2.15. The minimum absolute atomic E-state index is 0.0277. The van der Waals surface area contributed by atoms with E-state index >= 15 is 0 Å². The zero-order valence-corrected chi connectivity index (χ0v) is 28.8. The van der Waals surface area contributed by atoms with Crippen molar-refractivity contribution in [2.75, 3.05) is 6.61 Å². The van der Waals surface area contributed by atoms with E-state index in [0.29, 0.717) is 30.6 Å². The second-order valence-corrected chi connectivity index (χ2v) is 12.9.